The molecule has 1 saturated carbocycles. The zero-order valence-electron chi connectivity index (χ0n) is 13.5. The predicted molar refractivity (Wildman–Crippen MR) is 86.9 cm³/mol. The molecule has 134 valence electrons. The Bertz CT molecular complexity index is 723. The molecule has 0 spiro atoms. The van der Waals surface area contributed by atoms with Gasteiger partial charge in [-0.05, 0) is 37.6 Å². The van der Waals surface area contributed by atoms with E-state index in [9.17, 15) is 22.0 Å². The van der Waals surface area contributed by atoms with Crippen LogP contribution in [0.1, 0.15) is 29.6 Å². The van der Waals surface area contributed by atoms with Crippen LogP contribution in [0.3, 0.4) is 0 Å². The van der Waals surface area contributed by atoms with E-state index in [1.807, 2.05) is 0 Å². The lowest BCUT2D eigenvalue weighted by atomic mass is 10.1. The van der Waals surface area contributed by atoms with Crippen molar-refractivity contribution in [3.05, 3.63) is 23.8 Å². The molecule has 0 heterocycles. The van der Waals surface area contributed by atoms with Gasteiger partial charge in [-0.15, -0.1) is 0 Å². The summed E-state index contributed by atoms with van der Waals surface area (Å²) in [6.07, 6.45) is 0.115. The zero-order chi connectivity index (χ0) is 18.0. The van der Waals surface area contributed by atoms with Crippen LogP contribution in [0.4, 0.5) is 14.5 Å². The first-order valence-corrected chi connectivity index (χ1v) is 9.08. The van der Waals surface area contributed by atoms with Crippen molar-refractivity contribution in [2.45, 2.75) is 30.1 Å². The first-order chi connectivity index (χ1) is 11.2. The van der Waals surface area contributed by atoms with E-state index in [4.69, 9.17) is 0 Å². The van der Waals surface area contributed by atoms with Crippen LogP contribution in [0.25, 0.3) is 0 Å². The van der Waals surface area contributed by atoms with Gasteiger partial charge in [-0.25, -0.2) is 21.9 Å². The van der Waals surface area contributed by atoms with Crippen LogP contribution in [0, 0.1) is 5.92 Å². The van der Waals surface area contributed by atoms with Gasteiger partial charge < -0.3 is 10.6 Å². The summed E-state index contributed by atoms with van der Waals surface area (Å²) in [6, 6.07) is 4.10. The van der Waals surface area contributed by atoms with Crippen LogP contribution in [-0.2, 0) is 10.0 Å². The molecule has 1 atom stereocenters. The molecule has 3 N–H and O–H groups in total. The fourth-order valence-electron chi connectivity index (χ4n) is 2.76. The lowest BCUT2D eigenvalue weighted by Crippen LogP contribution is -2.23. The third kappa shape index (κ3) is 4.21. The van der Waals surface area contributed by atoms with Crippen molar-refractivity contribution in [3.63, 3.8) is 0 Å². The molecule has 0 aliphatic heterocycles. The van der Waals surface area contributed by atoms with Crippen molar-refractivity contribution in [2.24, 2.45) is 5.92 Å². The number of alkyl halides is 2. The second-order valence-electron chi connectivity index (χ2n) is 5.84. The van der Waals surface area contributed by atoms with Crippen LogP contribution >= 0.6 is 0 Å². The van der Waals surface area contributed by atoms with Crippen molar-refractivity contribution in [3.8, 4) is 0 Å². The summed E-state index contributed by atoms with van der Waals surface area (Å²) in [6.45, 7) is 0.303. The van der Waals surface area contributed by atoms with E-state index in [-0.39, 0.29) is 29.2 Å². The smallest absolute Gasteiger partial charge is 0.253 e. The maximum Gasteiger partial charge on any atom is 0.253 e. The highest BCUT2D eigenvalue weighted by Crippen LogP contribution is 2.38. The van der Waals surface area contributed by atoms with Gasteiger partial charge >= 0.3 is 0 Å². The Hall–Kier alpha value is -1.74. The molecule has 24 heavy (non-hydrogen) atoms. The van der Waals surface area contributed by atoms with Crippen molar-refractivity contribution in [1.82, 2.24) is 10.0 Å². The van der Waals surface area contributed by atoms with E-state index >= 15 is 0 Å². The summed E-state index contributed by atoms with van der Waals surface area (Å²) in [5.74, 6) is -3.26. The molecular weight excluding hydrogens is 340 g/mol. The number of benzene rings is 1. The Morgan fingerprint density at radius 2 is 2.04 bits per heavy atom. The van der Waals surface area contributed by atoms with Crippen molar-refractivity contribution >= 4 is 21.6 Å². The SMILES string of the molecule is CNC(=O)c1cc(S(=O)(=O)NC)ccc1NC[C@H]1CCC(F)(F)C1. The van der Waals surface area contributed by atoms with Crippen LogP contribution in [0.5, 0.6) is 0 Å². The number of hydrogen-bond donors (Lipinski definition) is 3. The van der Waals surface area contributed by atoms with Gasteiger partial charge in [0.15, 0.2) is 0 Å². The summed E-state index contributed by atoms with van der Waals surface area (Å²) in [4.78, 5) is 12.0. The van der Waals surface area contributed by atoms with Gasteiger partial charge in [0.2, 0.25) is 15.9 Å². The molecule has 1 aliphatic carbocycles. The standard InChI is InChI=1S/C15H21F2N3O3S/c1-18-14(21)12-7-11(24(22,23)19-2)3-4-13(12)20-9-10-5-6-15(16,17)8-10/h3-4,7,10,19-20H,5-6,8-9H2,1-2H3,(H,18,21)/t10-/m0/s1. The molecule has 0 unspecified atom stereocenters. The largest absolute Gasteiger partial charge is 0.384 e. The first kappa shape index (κ1) is 18.6. The maximum absolute atomic E-state index is 13.2. The molecular formula is C15H21F2N3O3S. The van der Waals surface area contributed by atoms with E-state index in [1.165, 1.54) is 32.3 Å². The lowest BCUT2D eigenvalue weighted by molar-refractivity contribution is 0.00555. The molecule has 0 radical (unpaired) electrons. The number of anilines is 1. The Labute approximate surface area is 140 Å². The molecule has 1 aliphatic rings. The number of carbonyl (C=O) groups excluding carboxylic acids is 1. The van der Waals surface area contributed by atoms with Gasteiger partial charge in [0.05, 0.1) is 10.5 Å². The van der Waals surface area contributed by atoms with E-state index in [1.54, 1.807) is 0 Å². The highest BCUT2D eigenvalue weighted by molar-refractivity contribution is 7.89. The Kier molecular flexibility index (Phi) is 5.44. The Morgan fingerprint density at radius 3 is 2.58 bits per heavy atom. The minimum atomic E-state index is -3.68. The molecule has 0 bridgehead atoms. The van der Waals surface area contributed by atoms with Gasteiger partial charge in [-0.2, -0.15) is 0 Å². The van der Waals surface area contributed by atoms with Crippen LogP contribution < -0.4 is 15.4 Å². The fourth-order valence-corrected chi connectivity index (χ4v) is 3.51. The topological polar surface area (TPSA) is 87.3 Å². The third-order valence-corrected chi connectivity index (χ3v) is 5.54. The number of carbonyl (C=O) groups is 1. The quantitative estimate of drug-likeness (QED) is 0.721. The maximum atomic E-state index is 13.2. The molecule has 6 nitrogen and oxygen atoms in total. The van der Waals surface area contributed by atoms with Gasteiger partial charge in [-0.3, -0.25) is 4.79 Å². The molecule has 0 saturated heterocycles. The summed E-state index contributed by atoms with van der Waals surface area (Å²) in [5.41, 5.74) is 0.568. The predicted octanol–water partition coefficient (Wildman–Crippen LogP) is 1.80. The monoisotopic (exact) mass is 361 g/mol. The zero-order valence-corrected chi connectivity index (χ0v) is 14.3. The highest BCUT2D eigenvalue weighted by Gasteiger charge is 2.39. The Balaban J connectivity index is 2.21. The molecule has 1 amide bonds. The average Bonchev–Trinajstić information content (AvgIpc) is 2.91. The van der Waals surface area contributed by atoms with Gasteiger partial charge in [-0.1, -0.05) is 0 Å². The average molecular weight is 361 g/mol. The number of sulfonamides is 1. The summed E-state index contributed by atoms with van der Waals surface area (Å²) in [5, 5.41) is 5.44. The molecule has 9 heteroatoms. The van der Waals surface area contributed by atoms with Gasteiger partial charge in [0.1, 0.15) is 0 Å². The third-order valence-electron chi connectivity index (χ3n) is 4.13. The second kappa shape index (κ2) is 7.02. The summed E-state index contributed by atoms with van der Waals surface area (Å²) in [7, 11) is -0.970. The number of rotatable bonds is 6. The fraction of sp³-hybridized carbons (Fsp3) is 0.533. The normalized spacial score (nSPS) is 19.9. The van der Waals surface area contributed by atoms with E-state index in [0.29, 0.717) is 18.7 Å². The number of amides is 1. The van der Waals surface area contributed by atoms with Crippen molar-refractivity contribution in [1.29, 1.82) is 0 Å². The van der Waals surface area contributed by atoms with Crippen molar-refractivity contribution < 1.29 is 22.0 Å². The number of halogens is 2. The molecule has 0 aromatic heterocycles. The number of nitrogens with one attached hydrogen (secondary N) is 3. The van der Waals surface area contributed by atoms with E-state index in [0.717, 1.165) is 0 Å². The van der Waals surface area contributed by atoms with E-state index in [2.05, 4.69) is 15.4 Å². The minimum Gasteiger partial charge on any atom is -0.384 e. The highest BCUT2D eigenvalue weighted by atomic mass is 32.2. The van der Waals surface area contributed by atoms with Crippen LogP contribution in [0.15, 0.2) is 23.1 Å². The van der Waals surface area contributed by atoms with Crippen LogP contribution in [-0.4, -0.2) is 40.9 Å². The van der Waals surface area contributed by atoms with E-state index < -0.39 is 21.9 Å². The van der Waals surface area contributed by atoms with Crippen LogP contribution in [0.2, 0.25) is 0 Å². The molecule has 2 rings (SSSR count). The molecule has 1 aromatic carbocycles. The number of hydrogen-bond acceptors (Lipinski definition) is 4. The first-order valence-electron chi connectivity index (χ1n) is 7.60. The molecule has 1 fully saturated rings. The minimum absolute atomic E-state index is 0.0402. The molecule has 1 aromatic rings. The van der Waals surface area contributed by atoms with Gasteiger partial charge in [0, 0.05) is 32.1 Å². The Morgan fingerprint density at radius 1 is 1.33 bits per heavy atom. The van der Waals surface area contributed by atoms with Gasteiger partial charge in [0.25, 0.3) is 5.91 Å². The lowest BCUT2D eigenvalue weighted by Gasteiger charge is -2.16. The summed E-state index contributed by atoms with van der Waals surface area (Å²) >= 11 is 0. The second-order valence-corrected chi connectivity index (χ2v) is 7.73. The van der Waals surface area contributed by atoms with Crippen molar-refractivity contribution in [2.75, 3.05) is 26.0 Å². The summed E-state index contributed by atoms with van der Waals surface area (Å²) < 4.78 is 52.4.